The van der Waals surface area contributed by atoms with E-state index in [-0.39, 0.29) is 24.4 Å². The zero-order valence-corrected chi connectivity index (χ0v) is 19.6. The molecule has 1 aliphatic rings. The van der Waals surface area contributed by atoms with E-state index in [1.807, 2.05) is 29.2 Å². The van der Waals surface area contributed by atoms with E-state index in [0.717, 1.165) is 18.4 Å². The summed E-state index contributed by atoms with van der Waals surface area (Å²) in [6.45, 7) is 7.39. The van der Waals surface area contributed by atoms with Gasteiger partial charge in [0, 0.05) is 24.9 Å². The molecule has 1 aliphatic heterocycles. The lowest BCUT2D eigenvalue weighted by molar-refractivity contribution is -0.142. The predicted octanol–water partition coefficient (Wildman–Crippen LogP) is 4.16. The highest BCUT2D eigenvalue weighted by Gasteiger charge is 2.33. The smallest absolute Gasteiger partial charge is 0.242 e. The van der Waals surface area contributed by atoms with Crippen molar-refractivity contribution in [3.63, 3.8) is 0 Å². The number of methoxy groups -OCH3 is 1. The fourth-order valence-corrected chi connectivity index (χ4v) is 4.77. The van der Waals surface area contributed by atoms with Crippen LogP contribution in [-0.2, 0) is 16.0 Å². The standard InChI is InChI=1S/C24H32N2O4S/c1-5-17(2)14-25(18(3)27)15-24(28)26-12-10-23-19(11-13-31-23)20(26)16-30-22-9-7-6-8-21(22)29-4/h6-9,11,13,17,20H,5,10,12,14-16H2,1-4H3/t17-,20-/m0/s1. The van der Waals surface area contributed by atoms with Crippen LogP contribution in [0.4, 0.5) is 0 Å². The van der Waals surface area contributed by atoms with E-state index in [1.165, 1.54) is 11.8 Å². The van der Waals surface area contributed by atoms with Crippen LogP contribution in [0.5, 0.6) is 11.5 Å². The molecule has 168 valence electrons. The molecule has 2 atom stereocenters. The second-order valence-electron chi connectivity index (χ2n) is 8.03. The van der Waals surface area contributed by atoms with Crippen molar-refractivity contribution in [1.29, 1.82) is 0 Å². The Morgan fingerprint density at radius 1 is 1.26 bits per heavy atom. The highest BCUT2D eigenvalue weighted by molar-refractivity contribution is 7.10. The van der Waals surface area contributed by atoms with Gasteiger partial charge in [-0.1, -0.05) is 32.4 Å². The van der Waals surface area contributed by atoms with E-state index in [9.17, 15) is 9.59 Å². The number of hydrogen-bond acceptors (Lipinski definition) is 5. The maximum Gasteiger partial charge on any atom is 0.242 e. The van der Waals surface area contributed by atoms with Crippen LogP contribution in [0, 0.1) is 5.92 Å². The lowest BCUT2D eigenvalue weighted by atomic mass is 10.00. The highest BCUT2D eigenvalue weighted by atomic mass is 32.1. The molecule has 2 amide bonds. The number of para-hydroxylation sites is 2. The first-order chi connectivity index (χ1) is 14.9. The summed E-state index contributed by atoms with van der Waals surface area (Å²) < 4.78 is 11.5. The van der Waals surface area contributed by atoms with E-state index < -0.39 is 0 Å². The molecule has 3 rings (SSSR count). The molecule has 1 aromatic heterocycles. The number of carbonyl (C=O) groups excluding carboxylic acids is 2. The SMILES string of the molecule is CC[C@H](C)CN(CC(=O)N1CCc2sccc2[C@@H]1COc1ccccc1OC)C(C)=O. The largest absolute Gasteiger partial charge is 0.493 e. The Balaban J connectivity index is 1.77. The quantitative estimate of drug-likeness (QED) is 0.583. The monoisotopic (exact) mass is 444 g/mol. The molecule has 6 nitrogen and oxygen atoms in total. The third-order valence-corrected chi connectivity index (χ3v) is 6.88. The van der Waals surface area contributed by atoms with Crippen LogP contribution in [0.2, 0.25) is 0 Å². The van der Waals surface area contributed by atoms with Crippen molar-refractivity contribution in [3.8, 4) is 11.5 Å². The first-order valence-corrected chi connectivity index (χ1v) is 11.7. The Morgan fingerprint density at radius 2 is 2.00 bits per heavy atom. The van der Waals surface area contributed by atoms with Crippen molar-refractivity contribution in [2.45, 2.75) is 39.7 Å². The maximum atomic E-state index is 13.3. The van der Waals surface area contributed by atoms with Crippen molar-refractivity contribution in [2.75, 3.05) is 33.4 Å². The topological polar surface area (TPSA) is 59.1 Å². The number of benzene rings is 1. The zero-order valence-electron chi connectivity index (χ0n) is 18.8. The van der Waals surface area contributed by atoms with Gasteiger partial charge in [-0.05, 0) is 41.5 Å². The molecule has 2 heterocycles. The average Bonchev–Trinajstić information content (AvgIpc) is 3.25. The predicted molar refractivity (Wildman–Crippen MR) is 123 cm³/mol. The van der Waals surface area contributed by atoms with Crippen LogP contribution in [0.3, 0.4) is 0 Å². The molecule has 0 N–H and O–H groups in total. The number of fused-ring (bicyclic) bond motifs is 1. The third-order valence-electron chi connectivity index (χ3n) is 5.88. The molecule has 0 aliphatic carbocycles. The number of ether oxygens (including phenoxy) is 2. The summed E-state index contributed by atoms with van der Waals surface area (Å²) in [4.78, 5) is 30.3. The van der Waals surface area contributed by atoms with Gasteiger partial charge >= 0.3 is 0 Å². The first-order valence-electron chi connectivity index (χ1n) is 10.8. The normalized spacial score (nSPS) is 16.4. The molecule has 0 spiro atoms. The van der Waals surface area contributed by atoms with Gasteiger partial charge in [-0.15, -0.1) is 11.3 Å². The van der Waals surface area contributed by atoms with Gasteiger partial charge in [-0.25, -0.2) is 0 Å². The lowest BCUT2D eigenvalue weighted by Gasteiger charge is -2.37. The van der Waals surface area contributed by atoms with Crippen molar-refractivity contribution >= 4 is 23.2 Å². The first kappa shape index (κ1) is 23.1. The van der Waals surface area contributed by atoms with Gasteiger partial charge in [0.25, 0.3) is 0 Å². The Morgan fingerprint density at radius 3 is 2.68 bits per heavy atom. The van der Waals surface area contributed by atoms with Crippen molar-refractivity contribution in [3.05, 3.63) is 46.2 Å². The van der Waals surface area contributed by atoms with Crippen LogP contribution in [0.1, 0.15) is 43.7 Å². The van der Waals surface area contributed by atoms with E-state index >= 15 is 0 Å². The number of nitrogens with zero attached hydrogens (tertiary/aromatic N) is 2. The fraction of sp³-hybridized carbons (Fsp3) is 0.500. The Hall–Kier alpha value is -2.54. The Bertz CT molecular complexity index is 897. The molecule has 0 unspecified atom stereocenters. The minimum absolute atomic E-state index is 0.0380. The summed E-state index contributed by atoms with van der Waals surface area (Å²) in [7, 11) is 1.61. The molecule has 7 heteroatoms. The maximum absolute atomic E-state index is 13.3. The summed E-state index contributed by atoms with van der Waals surface area (Å²) in [5.74, 6) is 1.57. The van der Waals surface area contributed by atoms with Gasteiger partial charge in [0.1, 0.15) is 6.61 Å². The molecule has 0 bridgehead atoms. The second kappa shape index (κ2) is 10.7. The van der Waals surface area contributed by atoms with Gasteiger partial charge in [-0.2, -0.15) is 0 Å². The number of rotatable bonds is 9. The molecule has 0 radical (unpaired) electrons. The Kier molecular flexibility index (Phi) is 7.96. The van der Waals surface area contributed by atoms with Crippen molar-refractivity contribution in [1.82, 2.24) is 9.80 Å². The fourth-order valence-electron chi connectivity index (χ4n) is 3.85. The van der Waals surface area contributed by atoms with Gasteiger partial charge in [0.05, 0.1) is 19.7 Å². The van der Waals surface area contributed by atoms with E-state index in [0.29, 0.717) is 37.1 Å². The number of amides is 2. The summed E-state index contributed by atoms with van der Waals surface area (Å²) in [5, 5.41) is 2.07. The number of thiophene rings is 1. The molecule has 0 saturated heterocycles. The lowest BCUT2D eigenvalue weighted by Crippen LogP contribution is -2.48. The molecule has 0 fully saturated rings. The minimum Gasteiger partial charge on any atom is -0.493 e. The summed E-state index contributed by atoms with van der Waals surface area (Å²) >= 11 is 1.72. The average molecular weight is 445 g/mol. The second-order valence-corrected chi connectivity index (χ2v) is 9.03. The number of carbonyl (C=O) groups is 2. The van der Waals surface area contributed by atoms with Crippen molar-refractivity contribution in [2.24, 2.45) is 5.92 Å². The van der Waals surface area contributed by atoms with Crippen LogP contribution >= 0.6 is 11.3 Å². The van der Waals surface area contributed by atoms with Crippen LogP contribution in [-0.4, -0.2) is 55.0 Å². The van der Waals surface area contributed by atoms with Gasteiger partial charge < -0.3 is 19.3 Å². The summed E-state index contributed by atoms with van der Waals surface area (Å²) in [6, 6.07) is 9.41. The molecule has 2 aromatic rings. The minimum atomic E-state index is -0.190. The van der Waals surface area contributed by atoms with Crippen LogP contribution < -0.4 is 9.47 Å². The third kappa shape index (κ3) is 5.58. The molecular weight excluding hydrogens is 412 g/mol. The highest BCUT2D eigenvalue weighted by Crippen LogP contribution is 2.35. The van der Waals surface area contributed by atoms with Crippen LogP contribution in [0.15, 0.2) is 35.7 Å². The van der Waals surface area contributed by atoms with Crippen molar-refractivity contribution < 1.29 is 19.1 Å². The summed E-state index contributed by atoms with van der Waals surface area (Å²) in [6.07, 6.45) is 1.80. The van der Waals surface area contributed by atoms with Gasteiger partial charge in [0.15, 0.2) is 11.5 Å². The van der Waals surface area contributed by atoms with Crippen LogP contribution in [0.25, 0.3) is 0 Å². The van der Waals surface area contributed by atoms with Gasteiger partial charge in [-0.3, -0.25) is 9.59 Å². The zero-order chi connectivity index (χ0) is 22.4. The Labute approximate surface area is 188 Å². The molecule has 0 saturated carbocycles. The molecule has 31 heavy (non-hydrogen) atoms. The van der Waals surface area contributed by atoms with E-state index in [1.54, 1.807) is 23.3 Å². The van der Waals surface area contributed by atoms with E-state index in [2.05, 4.69) is 25.3 Å². The van der Waals surface area contributed by atoms with Gasteiger partial charge in [0.2, 0.25) is 11.8 Å². The van der Waals surface area contributed by atoms with E-state index in [4.69, 9.17) is 9.47 Å². The molecule has 1 aromatic carbocycles. The number of hydrogen-bond donors (Lipinski definition) is 0. The molecular formula is C24H32N2O4S. The summed E-state index contributed by atoms with van der Waals surface area (Å²) in [5.41, 5.74) is 1.13.